The van der Waals surface area contributed by atoms with Gasteiger partial charge in [0.2, 0.25) is 0 Å². The van der Waals surface area contributed by atoms with E-state index in [0.717, 1.165) is 9.20 Å². The van der Waals surface area contributed by atoms with E-state index in [9.17, 15) is 4.79 Å². The van der Waals surface area contributed by atoms with Gasteiger partial charge in [0, 0.05) is 6.54 Å². The number of hydrogen-bond donors (Lipinski definition) is 0. The van der Waals surface area contributed by atoms with Crippen LogP contribution in [-0.2, 0) is 6.54 Å². The standard InChI is InChI=1S/C8H11NOS.3C2H6.3CH4/c1-4-7-8(10)9(5-2)6(3)11-7;3*1-2;;;/h4H,3,5H2,1-2H3;3*1-2H3;3*1H4/b7-4-;;;;;;. The lowest BCUT2D eigenvalue weighted by atomic mass is 10.6. The van der Waals surface area contributed by atoms with Gasteiger partial charge >= 0.3 is 0 Å². The van der Waals surface area contributed by atoms with Gasteiger partial charge in [-0.1, -0.05) is 76.5 Å². The highest BCUT2D eigenvalue weighted by atomic mass is 32.1. The van der Waals surface area contributed by atoms with Gasteiger partial charge in [-0.3, -0.25) is 9.36 Å². The summed E-state index contributed by atoms with van der Waals surface area (Å²) in [6.07, 6.45) is 1.83. The van der Waals surface area contributed by atoms with Gasteiger partial charge in [0.15, 0.2) is 0 Å². The fourth-order valence-electron chi connectivity index (χ4n) is 0.974. The van der Waals surface area contributed by atoms with Crippen LogP contribution in [0.3, 0.4) is 0 Å². The third-order valence-electron chi connectivity index (χ3n) is 1.56. The van der Waals surface area contributed by atoms with Crippen LogP contribution in [0.1, 0.15) is 77.7 Å². The van der Waals surface area contributed by atoms with E-state index in [2.05, 4.69) is 6.58 Å². The molecule has 0 bridgehead atoms. The van der Waals surface area contributed by atoms with E-state index in [1.165, 1.54) is 11.3 Å². The maximum atomic E-state index is 11.4. The molecule has 1 rings (SSSR count). The highest BCUT2D eigenvalue weighted by molar-refractivity contribution is 7.07. The Kier molecular flexibility index (Phi) is 48.7. The van der Waals surface area contributed by atoms with Gasteiger partial charge in [-0.05, 0) is 13.8 Å². The average Bonchev–Trinajstić information content (AvgIpc) is 2.70. The molecule has 0 aromatic carbocycles. The Morgan fingerprint density at radius 1 is 1.05 bits per heavy atom. The van der Waals surface area contributed by atoms with Crippen molar-refractivity contribution in [3.8, 4) is 0 Å². The van der Waals surface area contributed by atoms with Crippen molar-refractivity contribution in [2.24, 2.45) is 0 Å². The summed E-state index contributed by atoms with van der Waals surface area (Å²) in [6.45, 7) is 20.3. The largest absolute Gasteiger partial charge is 0.300 e. The molecule has 0 unspecified atom stereocenters. The first-order valence-electron chi connectivity index (χ1n) is 6.55. The fourth-order valence-corrected chi connectivity index (χ4v) is 1.87. The quantitative estimate of drug-likeness (QED) is 0.705. The molecular weight excluding hydrogens is 266 g/mol. The molecule has 20 heavy (non-hydrogen) atoms. The highest BCUT2D eigenvalue weighted by Crippen LogP contribution is 1.73. The van der Waals surface area contributed by atoms with Crippen molar-refractivity contribution in [1.29, 1.82) is 0 Å². The second-order valence-corrected chi connectivity index (χ2v) is 3.31. The zero-order valence-corrected chi connectivity index (χ0v) is 13.6. The van der Waals surface area contributed by atoms with E-state index >= 15 is 0 Å². The van der Waals surface area contributed by atoms with Crippen molar-refractivity contribution in [1.82, 2.24) is 4.57 Å². The monoisotopic (exact) mass is 307 g/mol. The second kappa shape index (κ2) is 26.7. The minimum Gasteiger partial charge on any atom is -0.300 e. The van der Waals surface area contributed by atoms with Crippen LogP contribution >= 0.6 is 11.3 Å². The van der Waals surface area contributed by atoms with Crippen molar-refractivity contribution >= 4 is 24.0 Å². The van der Waals surface area contributed by atoms with Crippen molar-refractivity contribution in [2.75, 3.05) is 0 Å². The molecule has 2 nitrogen and oxygen atoms in total. The van der Waals surface area contributed by atoms with Gasteiger partial charge in [0.1, 0.15) is 0 Å². The third-order valence-corrected chi connectivity index (χ3v) is 2.65. The second-order valence-electron chi connectivity index (χ2n) is 2.20. The highest BCUT2D eigenvalue weighted by Gasteiger charge is 1.97. The minimum absolute atomic E-state index is 0. The first-order chi connectivity index (χ1) is 8.20. The Bertz CT molecular complexity index is 402. The molecule has 0 aliphatic carbocycles. The molecule has 0 saturated heterocycles. The summed E-state index contributed by atoms with van der Waals surface area (Å²) in [7, 11) is 0. The van der Waals surface area contributed by atoms with Crippen LogP contribution in [0.25, 0.3) is 12.7 Å². The van der Waals surface area contributed by atoms with E-state index in [1.807, 2.05) is 61.5 Å². The summed E-state index contributed by atoms with van der Waals surface area (Å²) in [5.74, 6) is 0. The zero-order valence-electron chi connectivity index (χ0n) is 12.8. The van der Waals surface area contributed by atoms with E-state index in [4.69, 9.17) is 0 Å². The first-order valence-corrected chi connectivity index (χ1v) is 7.37. The SMILES string of the molecule is C.C.C.C=c1s/c(=C\C)c(=O)n1CC.CC.CC.CC. The maximum absolute atomic E-state index is 11.4. The van der Waals surface area contributed by atoms with Crippen LogP contribution < -0.4 is 14.8 Å². The Hall–Kier alpha value is -0.830. The van der Waals surface area contributed by atoms with Gasteiger partial charge in [0.25, 0.3) is 5.56 Å². The first kappa shape index (κ1) is 36.5. The van der Waals surface area contributed by atoms with Gasteiger partial charge in [-0.15, -0.1) is 11.3 Å². The summed E-state index contributed by atoms with van der Waals surface area (Å²) in [5, 5.41) is 0. The number of hydrogen-bond acceptors (Lipinski definition) is 2. The van der Waals surface area contributed by atoms with Gasteiger partial charge in [-0.2, -0.15) is 0 Å². The molecule has 1 heterocycles. The summed E-state index contributed by atoms with van der Waals surface area (Å²) in [6, 6.07) is 0. The molecule has 3 heteroatoms. The summed E-state index contributed by atoms with van der Waals surface area (Å²) in [4.78, 5) is 11.4. The Morgan fingerprint density at radius 2 is 1.40 bits per heavy atom. The lowest BCUT2D eigenvalue weighted by Crippen LogP contribution is -2.29. The van der Waals surface area contributed by atoms with E-state index in [1.54, 1.807) is 4.57 Å². The third kappa shape index (κ3) is 12.2. The van der Waals surface area contributed by atoms with Crippen LogP contribution in [0.4, 0.5) is 0 Å². The van der Waals surface area contributed by atoms with Crippen LogP contribution in [-0.4, -0.2) is 4.57 Å². The molecule has 1 aromatic rings. The van der Waals surface area contributed by atoms with E-state index in [0.29, 0.717) is 6.54 Å². The molecule has 0 saturated carbocycles. The lowest BCUT2D eigenvalue weighted by Gasteiger charge is -1.90. The molecule has 0 aliphatic heterocycles. The predicted molar refractivity (Wildman–Crippen MR) is 103 cm³/mol. The predicted octanol–water partition coefficient (Wildman–Crippen LogP) is 5.13. The number of rotatable bonds is 1. The van der Waals surface area contributed by atoms with Gasteiger partial charge in [-0.25, -0.2) is 0 Å². The molecule has 126 valence electrons. The van der Waals surface area contributed by atoms with Crippen molar-refractivity contribution < 1.29 is 0 Å². The van der Waals surface area contributed by atoms with Crippen LogP contribution in [0.5, 0.6) is 0 Å². The van der Waals surface area contributed by atoms with Crippen molar-refractivity contribution in [2.45, 2.75) is 84.2 Å². The molecule has 0 amide bonds. The molecule has 0 aliphatic rings. The molecule has 0 radical (unpaired) electrons. The zero-order chi connectivity index (χ0) is 14.4. The number of nitrogens with zero attached hydrogens (tertiary/aromatic N) is 1. The maximum Gasteiger partial charge on any atom is 0.268 e. The Balaban J connectivity index is -0.0000000486. The van der Waals surface area contributed by atoms with Crippen LogP contribution in [0.2, 0.25) is 0 Å². The minimum atomic E-state index is 0. The molecule has 0 spiro atoms. The summed E-state index contributed by atoms with van der Waals surface area (Å²) < 4.78 is 3.31. The van der Waals surface area contributed by atoms with Gasteiger partial charge < -0.3 is 0 Å². The number of thiazole rings is 1. The molecule has 0 N–H and O–H groups in total. The smallest absolute Gasteiger partial charge is 0.268 e. The van der Waals surface area contributed by atoms with Crippen LogP contribution in [0, 0.1) is 0 Å². The van der Waals surface area contributed by atoms with E-state index in [-0.39, 0.29) is 27.8 Å². The normalized spacial score (nSPS) is 7.70. The Morgan fingerprint density at radius 3 is 1.55 bits per heavy atom. The molecule has 0 atom stereocenters. The Labute approximate surface area is 132 Å². The van der Waals surface area contributed by atoms with E-state index < -0.39 is 0 Å². The average molecular weight is 308 g/mol. The molecule has 1 aromatic heterocycles. The number of aromatic nitrogens is 1. The van der Waals surface area contributed by atoms with Crippen molar-refractivity contribution in [3.63, 3.8) is 0 Å². The van der Waals surface area contributed by atoms with Crippen molar-refractivity contribution in [3.05, 3.63) is 19.5 Å². The summed E-state index contributed by atoms with van der Waals surface area (Å²) in [5.41, 5.74) is 0.0880. The topological polar surface area (TPSA) is 22.0 Å². The molecular formula is C17H41NOS. The fraction of sp³-hybridized carbons (Fsp3) is 0.706. The molecule has 0 fully saturated rings. The van der Waals surface area contributed by atoms with Crippen LogP contribution in [0.15, 0.2) is 4.79 Å². The summed E-state index contributed by atoms with van der Waals surface area (Å²) >= 11 is 1.45. The van der Waals surface area contributed by atoms with Gasteiger partial charge in [0.05, 0.1) is 9.20 Å². The lowest BCUT2D eigenvalue weighted by molar-refractivity contribution is 0.724.